The van der Waals surface area contributed by atoms with Gasteiger partial charge in [0.25, 0.3) is 0 Å². The first-order chi connectivity index (χ1) is 18.0. The summed E-state index contributed by atoms with van der Waals surface area (Å²) in [6, 6.07) is 15.4. The zero-order chi connectivity index (χ0) is 29.5. The van der Waals surface area contributed by atoms with Gasteiger partial charge in [-0.05, 0) is 120 Å². The number of amides is 1. The van der Waals surface area contributed by atoms with E-state index in [-0.39, 0.29) is 35.4 Å². The molecule has 2 aliphatic heterocycles. The summed E-state index contributed by atoms with van der Waals surface area (Å²) in [5.41, 5.74) is 1.67. The molecule has 0 bridgehead atoms. The Balaban J connectivity index is 0.000000226. The van der Waals surface area contributed by atoms with E-state index in [1.807, 2.05) is 104 Å². The van der Waals surface area contributed by atoms with Gasteiger partial charge < -0.3 is 28.7 Å². The van der Waals surface area contributed by atoms with E-state index in [4.69, 9.17) is 23.4 Å². The Kier molecular flexibility index (Phi) is 11.6. The van der Waals surface area contributed by atoms with Gasteiger partial charge in [-0.1, -0.05) is 12.1 Å². The van der Waals surface area contributed by atoms with Crippen LogP contribution in [0.5, 0.6) is 0 Å². The molecule has 0 unspecified atom stereocenters. The number of rotatable bonds is 4. The molecule has 0 aromatic heterocycles. The molecular formula is C28H40B2IN2O6. The van der Waals surface area contributed by atoms with Crippen LogP contribution in [0.15, 0.2) is 53.5 Å². The van der Waals surface area contributed by atoms with Crippen LogP contribution in [0.4, 0.5) is 11.4 Å². The molecule has 2 saturated heterocycles. The molecule has 0 saturated carbocycles. The molecule has 39 heavy (non-hydrogen) atoms. The number of ether oxygens (including phenoxy) is 1. The molecule has 211 valence electrons. The second-order valence-corrected chi connectivity index (χ2v) is 12.4. The lowest BCUT2D eigenvalue weighted by Crippen LogP contribution is -2.41. The van der Waals surface area contributed by atoms with Crippen molar-refractivity contribution in [3.05, 3.63) is 52.1 Å². The normalized spacial score (nSPS) is 19.7. The zero-order valence-corrected chi connectivity index (χ0v) is 26.8. The van der Waals surface area contributed by atoms with Crippen LogP contribution in [-0.4, -0.2) is 56.6 Å². The topological polar surface area (TPSA) is 87.6 Å². The van der Waals surface area contributed by atoms with Crippen molar-refractivity contribution in [2.45, 2.75) is 84.7 Å². The fourth-order valence-electron chi connectivity index (χ4n) is 3.10. The minimum absolute atomic E-state index is 0.0359. The SMILES string of the molecule is CC(=O)Nc1ccc(I)cc1.CC1(C)O[B]OC1(C)C.COC=Nc1ccc(B2OC(C)(C)C(C)(C)O2)cc1. The maximum atomic E-state index is 10.6. The van der Waals surface area contributed by atoms with Gasteiger partial charge in [0.1, 0.15) is 0 Å². The van der Waals surface area contributed by atoms with Crippen LogP contribution in [0, 0.1) is 3.57 Å². The molecule has 11 heteroatoms. The molecule has 8 nitrogen and oxygen atoms in total. The van der Waals surface area contributed by atoms with Crippen molar-refractivity contribution in [2.75, 3.05) is 12.4 Å². The van der Waals surface area contributed by atoms with Gasteiger partial charge in [0.15, 0.2) is 6.40 Å². The molecule has 4 rings (SSSR count). The van der Waals surface area contributed by atoms with Gasteiger partial charge in [0.2, 0.25) is 5.91 Å². The van der Waals surface area contributed by atoms with E-state index in [2.05, 4.69) is 32.9 Å². The number of halogens is 1. The smallest absolute Gasteiger partial charge is 0.486 e. The minimum atomic E-state index is -0.328. The lowest BCUT2D eigenvalue weighted by atomic mass is 9.79. The van der Waals surface area contributed by atoms with Crippen LogP contribution < -0.4 is 10.8 Å². The molecule has 2 heterocycles. The number of nitrogens with one attached hydrogen (secondary N) is 1. The first-order valence-corrected chi connectivity index (χ1v) is 13.8. The quantitative estimate of drug-likeness (QED) is 0.199. The summed E-state index contributed by atoms with van der Waals surface area (Å²) < 4.78 is 28.3. The average Bonchev–Trinajstić information content (AvgIpc) is 3.22. The highest BCUT2D eigenvalue weighted by molar-refractivity contribution is 14.1. The summed E-state index contributed by atoms with van der Waals surface area (Å²) in [6.07, 6.45) is 1.41. The van der Waals surface area contributed by atoms with Gasteiger partial charge in [-0.3, -0.25) is 4.79 Å². The Morgan fingerprint density at radius 3 is 1.74 bits per heavy atom. The predicted molar refractivity (Wildman–Crippen MR) is 167 cm³/mol. The molecule has 2 aliphatic rings. The Bertz CT molecular complexity index is 1080. The van der Waals surface area contributed by atoms with Gasteiger partial charge in [-0.15, -0.1) is 0 Å². The van der Waals surface area contributed by atoms with Crippen molar-refractivity contribution < 1.29 is 28.1 Å². The molecule has 2 aromatic carbocycles. The van der Waals surface area contributed by atoms with E-state index < -0.39 is 0 Å². The molecule has 1 N–H and O–H groups in total. The van der Waals surface area contributed by atoms with Crippen LogP contribution in [0.3, 0.4) is 0 Å². The van der Waals surface area contributed by atoms with Crippen molar-refractivity contribution in [1.82, 2.24) is 0 Å². The minimum Gasteiger partial charge on any atom is -0.486 e. The molecule has 1 amide bonds. The van der Waals surface area contributed by atoms with E-state index in [0.717, 1.165) is 20.4 Å². The Labute approximate surface area is 248 Å². The standard InChI is InChI=1S/C14H20BNO3.C8H8INO.C6H12BO2/c1-13(2)14(3,4)19-15(18-13)11-6-8-12(9-7-11)16-10-17-5;1-6(11)10-8-4-2-7(9)3-5-8;1-5(2)6(3,4)9-7-8-5/h6-10H,1-5H3;2-5H,1H3,(H,10,11);1-4H3. The average molecular weight is 649 g/mol. The van der Waals surface area contributed by atoms with E-state index >= 15 is 0 Å². The van der Waals surface area contributed by atoms with Gasteiger partial charge in [-0.25, -0.2) is 4.99 Å². The summed E-state index contributed by atoms with van der Waals surface area (Å²) in [6.45, 7) is 17.7. The monoisotopic (exact) mass is 649 g/mol. The van der Waals surface area contributed by atoms with Crippen molar-refractivity contribution in [1.29, 1.82) is 0 Å². The van der Waals surface area contributed by atoms with E-state index in [1.165, 1.54) is 21.0 Å². The number of anilines is 1. The molecule has 1 radical (unpaired) electrons. The fraction of sp³-hybridized carbons (Fsp3) is 0.500. The lowest BCUT2D eigenvalue weighted by Gasteiger charge is -2.32. The highest BCUT2D eigenvalue weighted by Gasteiger charge is 2.51. The number of hydrogen-bond acceptors (Lipinski definition) is 7. The number of carbonyl (C=O) groups excluding carboxylic acids is 1. The van der Waals surface area contributed by atoms with Crippen LogP contribution in [0.2, 0.25) is 0 Å². The fourth-order valence-corrected chi connectivity index (χ4v) is 3.45. The maximum Gasteiger partial charge on any atom is 0.494 e. The predicted octanol–water partition coefficient (Wildman–Crippen LogP) is 5.67. The summed E-state index contributed by atoms with van der Waals surface area (Å²) in [5, 5.41) is 2.69. The van der Waals surface area contributed by atoms with Crippen LogP contribution in [0.1, 0.15) is 62.3 Å². The van der Waals surface area contributed by atoms with Gasteiger partial charge >= 0.3 is 14.8 Å². The lowest BCUT2D eigenvalue weighted by molar-refractivity contribution is -0.114. The third kappa shape index (κ3) is 9.60. The van der Waals surface area contributed by atoms with Gasteiger partial charge in [0, 0.05) is 16.2 Å². The number of benzene rings is 2. The summed E-state index contributed by atoms with van der Waals surface area (Å²) in [7, 11) is 2.66. The first kappa shape index (κ1) is 33.3. The second-order valence-electron chi connectivity index (χ2n) is 11.2. The first-order valence-electron chi connectivity index (χ1n) is 12.7. The highest BCUT2D eigenvalue weighted by atomic mass is 127. The summed E-state index contributed by atoms with van der Waals surface area (Å²) in [4.78, 5) is 14.7. The molecule has 0 atom stereocenters. The van der Waals surface area contributed by atoms with Crippen LogP contribution in [0.25, 0.3) is 0 Å². The van der Waals surface area contributed by atoms with Gasteiger partial charge in [-0.2, -0.15) is 0 Å². The third-order valence-corrected chi connectivity index (χ3v) is 7.74. The van der Waals surface area contributed by atoms with Crippen molar-refractivity contribution in [3.63, 3.8) is 0 Å². The molecule has 2 fully saturated rings. The van der Waals surface area contributed by atoms with Crippen molar-refractivity contribution >= 4 is 66.5 Å². The highest BCUT2D eigenvalue weighted by Crippen LogP contribution is 2.36. The number of hydrogen-bond donors (Lipinski definition) is 1. The summed E-state index contributed by atoms with van der Waals surface area (Å²) >= 11 is 2.22. The Hall–Kier alpha value is -1.92. The van der Waals surface area contributed by atoms with E-state index in [9.17, 15) is 4.79 Å². The van der Waals surface area contributed by atoms with Gasteiger partial charge in [0.05, 0.1) is 35.2 Å². The van der Waals surface area contributed by atoms with Crippen molar-refractivity contribution in [3.8, 4) is 0 Å². The van der Waals surface area contributed by atoms with E-state index in [0.29, 0.717) is 0 Å². The number of aliphatic imine (C=N–C) groups is 1. The number of nitrogens with zero attached hydrogens (tertiary/aromatic N) is 1. The van der Waals surface area contributed by atoms with Crippen LogP contribution in [-0.2, 0) is 28.1 Å². The second kappa shape index (κ2) is 13.6. The summed E-state index contributed by atoms with van der Waals surface area (Å²) in [5.74, 6) is -0.0359. The Morgan fingerprint density at radius 1 is 0.872 bits per heavy atom. The Morgan fingerprint density at radius 2 is 1.36 bits per heavy atom. The molecule has 2 aromatic rings. The van der Waals surface area contributed by atoms with Crippen molar-refractivity contribution in [2.24, 2.45) is 4.99 Å². The van der Waals surface area contributed by atoms with E-state index in [1.54, 1.807) is 7.11 Å². The number of methoxy groups -OCH3 is 1. The maximum absolute atomic E-state index is 10.6. The van der Waals surface area contributed by atoms with Crippen LogP contribution >= 0.6 is 22.6 Å². The number of carbonyl (C=O) groups is 1. The molecular weight excluding hydrogens is 609 g/mol. The third-order valence-electron chi connectivity index (χ3n) is 7.03. The molecule has 0 aliphatic carbocycles. The zero-order valence-electron chi connectivity index (χ0n) is 24.6. The largest absolute Gasteiger partial charge is 0.494 e. The molecule has 0 spiro atoms.